The molecule has 0 saturated carbocycles. The van der Waals surface area contributed by atoms with Gasteiger partial charge in [-0.05, 0) is 18.9 Å². The summed E-state index contributed by atoms with van der Waals surface area (Å²) in [5, 5.41) is 2.52. The minimum absolute atomic E-state index is 0.209. The lowest BCUT2D eigenvalue weighted by molar-refractivity contribution is -0.118. The van der Waals surface area contributed by atoms with E-state index in [1.807, 2.05) is 0 Å². The number of nitrogens with one attached hydrogen (secondary N) is 1. The predicted molar refractivity (Wildman–Crippen MR) is 48.1 cm³/mol. The highest BCUT2D eigenvalue weighted by molar-refractivity contribution is 5.86. The van der Waals surface area contributed by atoms with Crippen molar-refractivity contribution >= 4 is 5.91 Å². The van der Waals surface area contributed by atoms with Gasteiger partial charge in [0.25, 0.3) is 0 Å². The number of hydrogen-bond donors (Lipinski definition) is 1. The Bertz CT molecular complexity index is 176. The number of carbonyl (C=O) groups excluding carboxylic acids is 1. The average molecular weight is 185 g/mol. The van der Waals surface area contributed by atoms with Gasteiger partial charge in [-0.1, -0.05) is 6.58 Å². The monoisotopic (exact) mass is 185 g/mol. The third-order valence-corrected chi connectivity index (χ3v) is 1.86. The first kappa shape index (κ1) is 10.2. The molecule has 0 aromatic rings. The Labute approximate surface area is 77.9 Å². The topological polar surface area (TPSA) is 47.6 Å². The molecule has 1 saturated heterocycles. The van der Waals surface area contributed by atoms with Crippen LogP contribution in [-0.2, 0) is 14.3 Å². The number of ether oxygens (including phenoxy) is 2. The molecule has 4 nitrogen and oxygen atoms in total. The van der Waals surface area contributed by atoms with Crippen molar-refractivity contribution in [2.24, 2.45) is 0 Å². The van der Waals surface area contributed by atoms with E-state index >= 15 is 0 Å². The van der Waals surface area contributed by atoms with E-state index in [4.69, 9.17) is 9.47 Å². The first-order chi connectivity index (χ1) is 6.33. The first-order valence-electron chi connectivity index (χ1n) is 4.42. The standard InChI is InChI=1S/C9H15NO3/c1-2-9(11)10-7-12-6-8-4-3-5-13-8/h2,8H,1,3-7H2,(H,10,11). The minimum atomic E-state index is -0.215. The van der Waals surface area contributed by atoms with E-state index in [0.29, 0.717) is 6.61 Å². The molecule has 0 spiro atoms. The molecule has 0 radical (unpaired) electrons. The smallest absolute Gasteiger partial charge is 0.245 e. The van der Waals surface area contributed by atoms with Crippen molar-refractivity contribution in [2.75, 3.05) is 19.9 Å². The van der Waals surface area contributed by atoms with Gasteiger partial charge in [0.2, 0.25) is 5.91 Å². The van der Waals surface area contributed by atoms with Crippen molar-refractivity contribution in [1.29, 1.82) is 0 Å². The number of hydrogen-bond acceptors (Lipinski definition) is 3. The predicted octanol–water partition coefficient (Wildman–Crippen LogP) is 0.442. The lowest BCUT2D eigenvalue weighted by atomic mass is 10.2. The summed E-state index contributed by atoms with van der Waals surface area (Å²) in [5.41, 5.74) is 0. The van der Waals surface area contributed by atoms with E-state index in [9.17, 15) is 4.79 Å². The van der Waals surface area contributed by atoms with Crippen molar-refractivity contribution in [3.05, 3.63) is 12.7 Å². The SMILES string of the molecule is C=CC(=O)NCOCC1CCCO1. The third-order valence-electron chi connectivity index (χ3n) is 1.86. The Morgan fingerprint density at radius 3 is 3.23 bits per heavy atom. The van der Waals surface area contributed by atoms with Crippen LogP contribution in [0.1, 0.15) is 12.8 Å². The molecule has 1 rings (SSSR count). The molecular formula is C9H15NO3. The van der Waals surface area contributed by atoms with Crippen LogP contribution in [0.4, 0.5) is 0 Å². The van der Waals surface area contributed by atoms with Crippen molar-refractivity contribution in [2.45, 2.75) is 18.9 Å². The number of carbonyl (C=O) groups is 1. The number of amides is 1. The molecule has 1 unspecified atom stereocenters. The molecule has 1 fully saturated rings. The van der Waals surface area contributed by atoms with Crippen LogP contribution in [0.2, 0.25) is 0 Å². The van der Waals surface area contributed by atoms with Crippen LogP contribution < -0.4 is 5.32 Å². The second kappa shape index (κ2) is 5.72. The molecule has 1 N–H and O–H groups in total. The van der Waals surface area contributed by atoms with Gasteiger partial charge in [-0.15, -0.1) is 0 Å². The quantitative estimate of drug-likeness (QED) is 0.384. The summed E-state index contributed by atoms with van der Waals surface area (Å²) in [6, 6.07) is 0. The normalized spacial score (nSPS) is 21.4. The van der Waals surface area contributed by atoms with E-state index in [0.717, 1.165) is 19.4 Å². The lowest BCUT2D eigenvalue weighted by Gasteiger charge is -2.09. The van der Waals surface area contributed by atoms with Gasteiger partial charge in [0.05, 0.1) is 12.7 Å². The van der Waals surface area contributed by atoms with Crippen LogP contribution in [-0.4, -0.2) is 32.0 Å². The fourth-order valence-corrected chi connectivity index (χ4v) is 1.16. The molecule has 13 heavy (non-hydrogen) atoms. The van der Waals surface area contributed by atoms with Crippen LogP contribution in [0, 0.1) is 0 Å². The molecule has 74 valence electrons. The van der Waals surface area contributed by atoms with Crippen molar-refractivity contribution in [1.82, 2.24) is 5.32 Å². The summed E-state index contributed by atoms with van der Waals surface area (Å²) in [7, 11) is 0. The largest absolute Gasteiger partial charge is 0.376 e. The molecule has 0 aliphatic carbocycles. The van der Waals surface area contributed by atoms with Gasteiger partial charge in [-0.25, -0.2) is 0 Å². The van der Waals surface area contributed by atoms with Crippen LogP contribution in [0.25, 0.3) is 0 Å². The zero-order valence-electron chi connectivity index (χ0n) is 7.62. The zero-order chi connectivity index (χ0) is 9.52. The molecule has 0 bridgehead atoms. The van der Waals surface area contributed by atoms with E-state index in [-0.39, 0.29) is 18.7 Å². The summed E-state index contributed by atoms with van der Waals surface area (Å²) < 4.78 is 10.5. The van der Waals surface area contributed by atoms with Gasteiger partial charge in [0.15, 0.2) is 0 Å². The zero-order valence-corrected chi connectivity index (χ0v) is 7.62. The molecule has 1 heterocycles. The fraction of sp³-hybridized carbons (Fsp3) is 0.667. The van der Waals surface area contributed by atoms with Crippen molar-refractivity contribution in [3.63, 3.8) is 0 Å². The van der Waals surface area contributed by atoms with E-state index in [2.05, 4.69) is 11.9 Å². The van der Waals surface area contributed by atoms with Gasteiger partial charge < -0.3 is 14.8 Å². The highest BCUT2D eigenvalue weighted by Gasteiger charge is 2.14. The van der Waals surface area contributed by atoms with Gasteiger partial charge in [0.1, 0.15) is 6.73 Å². The van der Waals surface area contributed by atoms with Gasteiger partial charge in [0, 0.05) is 6.61 Å². The van der Waals surface area contributed by atoms with Crippen molar-refractivity contribution < 1.29 is 14.3 Å². The van der Waals surface area contributed by atoms with E-state index in [1.54, 1.807) is 0 Å². The molecule has 0 aromatic carbocycles. The Morgan fingerprint density at radius 1 is 1.77 bits per heavy atom. The molecule has 1 aliphatic rings. The Balaban J connectivity index is 1.94. The maximum atomic E-state index is 10.7. The lowest BCUT2D eigenvalue weighted by Crippen LogP contribution is -2.26. The van der Waals surface area contributed by atoms with Gasteiger partial charge in [-0.2, -0.15) is 0 Å². The molecule has 1 atom stereocenters. The highest BCUT2D eigenvalue weighted by Crippen LogP contribution is 2.11. The molecule has 1 amide bonds. The molecule has 1 aliphatic heterocycles. The van der Waals surface area contributed by atoms with Crippen LogP contribution in [0.5, 0.6) is 0 Å². The second-order valence-corrected chi connectivity index (χ2v) is 2.90. The fourth-order valence-electron chi connectivity index (χ4n) is 1.16. The van der Waals surface area contributed by atoms with E-state index < -0.39 is 0 Å². The van der Waals surface area contributed by atoms with Crippen LogP contribution in [0.15, 0.2) is 12.7 Å². The van der Waals surface area contributed by atoms with Crippen LogP contribution in [0.3, 0.4) is 0 Å². The van der Waals surface area contributed by atoms with E-state index in [1.165, 1.54) is 6.08 Å². The second-order valence-electron chi connectivity index (χ2n) is 2.90. The maximum Gasteiger partial charge on any atom is 0.245 e. The summed E-state index contributed by atoms with van der Waals surface area (Å²) >= 11 is 0. The average Bonchev–Trinajstić information content (AvgIpc) is 2.64. The Morgan fingerprint density at radius 2 is 2.62 bits per heavy atom. The molecule has 4 heteroatoms. The van der Waals surface area contributed by atoms with Crippen molar-refractivity contribution in [3.8, 4) is 0 Å². The number of rotatable bonds is 5. The summed E-state index contributed by atoms with van der Waals surface area (Å²) in [6.45, 7) is 4.93. The Kier molecular flexibility index (Phi) is 4.49. The highest BCUT2D eigenvalue weighted by atomic mass is 16.5. The third kappa shape index (κ3) is 4.05. The summed E-state index contributed by atoms with van der Waals surface area (Å²) in [6.07, 6.45) is 3.58. The minimum Gasteiger partial charge on any atom is -0.376 e. The molecular weight excluding hydrogens is 170 g/mol. The van der Waals surface area contributed by atoms with Gasteiger partial charge in [-0.3, -0.25) is 4.79 Å². The molecule has 0 aromatic heterocycles. The van der Waals surface area contributed by atoms with Gasteiger partial charge >= 0.3 is 0 Å². The summed E-state index contributed by atoms with van der Waals surface area (Å²) in [5.74, 6) is -0.215. The maximum absolute atomic E-state index is 10.7. The summed E-state index contributed by atoms with van der Waals surface area (Å²) in [4.78, 5) is 10.7. The Hall–Kier alpha value is -0.870. The van der Waals surface area contributed by atoms with Crippen LogP contribution >= 0.6 is 0 Å². The first-order valence-corrected chi connectivity index (χ1v) is 4.42.